The molecule has 154 valence electrons. The number of rotatable bonds is 4. The van der Waals surface area contributed by atoms with E-state index in [9.17, 15) is 4.79 Å². The molecular weight excluding hydrogens is 378 g/mol. The fourth-order valence-electron chi connectivity index (χ4n) is 4.88. The maximum absolute atomic E-state index is 13.0. The van der Waals surface area contributed by atoms with Crippen molar-refractivity contribution in [3.63, 3.8) is 0 Å². The van der Waals surface area contributed by atoms with Gasteiger partial charge in [-0.15, -0.1) is 0 Å². The minimum Gasteiger partial charge on any atom is -0.389 e. The molecule has 1 aliphatic carbocycles. The second-order valence-electron chi connectivity index (χ2n) is 9.29. The Morgan fingerprint density at radius 2 is 1.97 bits per heavy atom. The van der Waals surface area contributed by atoms with Crippen molar-refractivity contribution in [2.75, 3.05) is 13.1 Å². The standard InChI is InChI=1S/C23H25N5O2/c1-14(16-6-4-15(9-24)5-7-16)28-12-20(25-13-28)22(29)27-10-17-18(11-27)21(17)19-8-23(2,3)30-26-19/h4-7,12-14,17-18,21H,8,10-11H2,1-3H3/t14-,17-,18-/m0/s1. The van der Waals surface area contributed by atoms with Crippen molar-refractivity contribution in [3.05, 3.63) is 53.6 Å². The number of carbonyl (C=O) groups is 1. The van der Waals surface area contributed by atoms with E-state index < -0.39 is 0 Å². The summed E-state index contributed by atoms with van der Waals surface area (Å²) in [5.74, 6) is 1.48. The molecule has 30 heavy (non-hydrogen) atoms. The van der Waals surface area contributed by atoms with Gasteiger partial charge in [-0.05, 0) is 50.3 Å². The highest BCUT2D eigenvalue weighted by Crippen LogP contribution is 2.54. The molecule has 7 heteroatoms. The molecule has 7 nitrogen and oxygen atoms in total. The summed E-state index contributed by atoms with van der Waals surface area (Å²) in [4.78, 5) is 24.8. The molecule has 1 amide bonds. The number of nitrogens with zero attached hydrogens (tertiary/aromatic N) is 5. The monoisotopic (exact) mass is 403 g/mol. The van der Waals surface area contributed by atoms with Crippen LogP contribution < -0.4 is 0 Å². The summed E-state index contributed by atoms with van der Waals surface area (Å²) >= 11 is 0. The lowest BCUT2D eigenvalue weighted by atomic mass is 9.98. The van der Waals surface area contributed by atoms with Crippen LogP contribution in [0.2, 0.25) is 0 Å². The van der Waals surface area contributed by atoms with Gasteiger partial charge in [0, 0.05) is 31.6 Å². The van der Waals surface area contributed by atoms with E-state index in [-0.39, 0.29) is 17.6 Å². The van der Waals surface area contributed by atoms with E-state index in [4.69, 9.17) is 10.1 Å². The fraction of sp³-hybridized carbons (Fsp3) is 0.478. The number of fused-ring (bicyclic) bond motifs is 1. The Balaban J connectivity index is 1.21. The summed E-state index contributed by atoms with van der Waals surface area (Å²) in [5.41, 5.74) is 3.16. The van der Waals surface area contributed by atoms with Gasteiger partial charge in [0.25, 0.3) is 5.91 Å². The van der Waals surface area contributed by atoms with Crippen LogP contribution in [-0.4, -0.2) is 44.8 Å². The molecule has 1 saturated heterocycles. The van der Waals surface area contributed by atoms with Crippen molar-refractivity contribution >= 4 is 11.6 Å². The third-order valence-electron chi connectivity index (χ3n) is 6.67. The molecule has 2 aromatic rings. The van der Waals surface area contributed by atoms with Gasteiger partial charge in [0.1, 0.15) is 11.3 Å². The highest BCUT2D eigenvalue weighted by Gasteiger charge is 2.60. The van der Waals surface area contributed by atoms with Crippen LogP contribution in [-0.2, 0) is 4.84 Å². The first kappa shape index (κ1) is 18.9. The lowest BCUT2D eigenvalue weighted by Gasteiger charge is -2.19. The predicted molar refractivity (Wildman–Crippen MR) is 111 cm³/mol. The van der Waals surface area contributed by atoms with Crippen LogP contribution >= 0.6 is 0 Å². The van der Waals surface area contributed by atoms with Crippen molar-refractivity contribution < 1.29 is 9.63 Å². The summed E-state index contributed by atoms with van der Waals surface area (Å²) in [6, 6.07) is 9.66. The van der Waals surface area contributed by atoms with Crippen molar-refractivity contribution in [3.8, 4) is 6.07 Å². The highest BCUT2D eigenvalue weighted by molar-refractivity contribution is 5.94. The maximum atomic E-state index is 13.0. The SMILES string of the molecule is C[C@@H](c1ccc(C#N)cc1)n1cnc(C(=O)N2C[C@@H]3C(C4=NOC(C)(C)C4)[C@H]3C2)c1. The Bertz CT molecular complexity index is 1050. The Kier molecular flexibility index (Phi) is 4.21. The Morgan fingerprint density at radius 3 is 2.57 bits per heavy atom. The van der Waals surface area contributed by atoms with Crippen molar-refractivity contribution in [2.45, 2.75) is 38.8 Å². The van der Waals surface area contributed by atoms with Crippen LogP contribution in [0.25, 0.3) is 0 Å². The zero-order chi connectivity index (χ0) is 21.0. The molecule has 0 unspecified atom stereocenters. The normalized spacial score (nSPS) is 27.1. The first-order valence-corrected chi connectivity index (χ1v) is 10.4. The number of benzene rings is 1. The number of aromatic nitrogens is 2. The molecular formula is C23H25N5O2. The molecule has 0 N–H and O–H groups in total. The summed E-state index contributed by atoms with van der Waals surface area (Å²) in [7, 11) is 0. The minimum absolute atomic E-state index is 0.00308. The van der Waals surface area contributed by atoms with Gasteiger partial charge in [0.2, 0.25) is 0 Å². The van der Waals surface area contributed by atoms with Gasteiger partial charge in [-0.1, -0.05) is 17.3 Å². The van der Waals surface area contributed by atoms with Gasteiger partial charge >= 0.3 is 0 Å². The van der Waals surface area contributed by atoms with E-state index in [0.717, 1.165) is 25.1 Å². The van der Waals surface area contributed by atoms with Crippen molar-refractivity contribution in [1.82, 2.24) is 14.5 Å². The number of imidazole rings is 1. The van der Waals surface area contributed by atoms with Gasteiger partial charge in [-0.2, -0.15) is 5.26 Å². The number of amides is 1. The maximum Gasteiger partial charge on any atom is 0.274 e. The molecule has 2 fully saturated rings. The minimum atomic E-state index is -0.194. The van der Waals surface area contributed by atoms with Crippen LogP contribution in [0.15, 0.2) is 41.9 Å². The molecule has 0 bridgehead atoms. The topological polar surface area (TPSA) is 83.5 Å². The lowest BCUT2D eigenvalue weighted by molar-refractivity contribution is 0.0123. The van der Waals surface area contributed by atoms with Gasteiger partial charge in [-0.25, -0.2) is 4.98 Å². The summed E-state index contributed by atoms with van der Waals surface area (Å²) in [5, 5.41) is 13.3. The van der Waals surface area contributed by atoms with E-state index in [1.807, 2.05) is 39.9 Å². The second kappa shape index (κ2) is 6.69. The molecule has 1 aromatic heterocycles. The van der Waals surface area contributed by atoms with Gasteiger partial charge < -0.3 is 14.3 Å². The van der Waals surface area contributed by atoms with Crippen LogP contribution in [0.1, 0.15) is 54.8 Å². The average molecular weight is 403 g/mol. The van der Waals surface area contributed by atoms with E-state index >= 15 is 0 Å². The zero-order valence-electron chi connectivity index (χ0n) is 17.4. The first-order valence-electron chi connectivity index (χ1n) is 10.4. The predicted octanol–water partition coefficient (Wildman–Crippen LogP) is 3.24. The third-order valence-corrected chi connectivity index (χ3v) is 6.67. The molecule has 3 heterocycles. The number of hydrogen-bond donors (Lipinski definition) is 0. The van der Waals surface area contributed by atoms with Crippen molar-refractivity contribution in [1.29, 1.82) is 5.26 Å². The molecule has 3 aliphatic rings. The van der Waals surface area contributed by atoms with E-state index in [1.54, 1.807) is 6.33 Å². The van der Waals surface area contributed by atoms with Crippen LogP contribution in [0, 0.1) is 29.1 Å². The van der Waals surface area contributed by atoms with Crippen LogP contribution in [0.3, 0.4) is 0 Å². The Labute approximate surface area is 175 Å². The number of oxime groups is 1. The van der Waals surface area contributed by atoms with E-state index in [1.165, 1.54) is 5.71 Å². The molecule has 1 aromatic carbocycles. The summed E-state index contributed by atoms with van der Waals surface area (Å²) in [6.45, 7) is 7.72. The largest absolute Gasteiger partial charge is 0.389 e. The summed E-state index contributed by atoms with van der Waals surface area (Å²) in [6.07, 6.45) is 4.42. The van der Waals surface area contributed by atoms with Gasteiger partial charge in [0.05, 0.1) is 29.7 Å². The van der Waals surface area contributed by atoms with Gasteiger partial charge in [-0.3, -0.25) is 4.79 Å². The van der Waals surface area contributed by atoms with E-state index in [0.29, 0.717) is 29.0 Å². The Hall–Kier alpha value is -3.14. The van der Waals surface area contributed by atoms with Crippen LogP contribution in [0.4, 0.5) is 0 Å². The van der Waals surface area contributed by atoms with Crippen molar-refractivity contribution in [2.24, 2.45) is 22.9 Å². The smallest absolute Gasteiger partial charge is 0.274 e. The number of hydrogen-bond acceptors (Lipinski definition) is 5. The Morgan fingerprint density at radius 1 is 1.27 bits per heavy atom. The number of nitriles is 1. The quantitative estimate of drug-likeness (QED) is 0.785. The fourth-order valence-corrected chi connectivity index (χ4v) is 4.88. The molecule has 3 atom stereocenters. The van der Waals surface area contributed by atoms with Gasteiger partial charge in [0.15, 0.2) is 0 Å². The summed E-state index contributed by atoms with van der Waals surface area (Å²) < 4.78 is 1.95. The highest BCUT2D eigenvalue weighted by atomic mass is 16.7. The third kappa shape index (κ3) is 3.17. The second-order valence-corrected chi connectivity index (χ2v) is 9.29. The lowest BCUT2D eigenvalue weighted by Crippen LogP contribution is -2.33. The molecule has 0 spiro atoms. The number of piperidine rings is 1. The number of carbonyl (C=O) groups excluding carboxylic acids is 1. The first-order chi connectivity index (χ1) is 14.4. The average Bonchev–Trinajstić information content (AvgIpc) is 3.17. The van der Waals surface area contributed by atoms with Crippen LogP contribution in [0.5, 0.6) is 0 Å². The van der Waals surface area contributed by atoms with E-state index in [2.05, 4.69) is 37.0 Å². The molecule has 2 aliphatic heterocycles. The molecule has 5 rings (SSSR count). The molecule has 1 saturated carbocycles. The zero-order valence-corrected chi connectivity index (χ0v) is 17.4. The molecule has 0 radical (unpaired) electrons. The number of likely N-dealkylation sites (tertiary alicyclic amines) is 1.